The first-order valence-corrected chi connectivity index (χ1v) is 10.2. The quantitative estimate of drug-likeness (QED) is 0.648. The molecule has 26 heavy (non-hydrogen) atoms. The number of rotatable bonds is 5. The molecule has 1 heterocycles. The fraction of sp³-hybridized carbons (Fsp3) is 0.294. The molecule has 9 heteroatoms. The molecule has 0 aliphatic heterocycles. The number of carbonyl (C=O) groups excluding carboxylic acids is 2. The minimum Gasteiger partial charge on any atom is -0.481 e. The van der Waals surface area contributed by atoms with Crippen molar-refractivity contribution in [3.05, 3.63) is 42.7 Å². The fourth-order valence-electron chi connectivity index (χ4n) is 2.88. The molecular formula is C17H15BrCl2N2O3S. The number of amides is 2. The van der Waals surface area contributed by atoms with Crippen LogP contribution in [0, 0.1) is 0 Å². The molecule has 2 aromatic rings. The summed E-state index contributed by atoms with van der Waals surface area (Å²) in [5.74, 6) is -0.597. The van der Waals surface area contributed by atoms with Gasteiger partial charge < -0.3 is 15.8 Å². The SMILES string of the molecule is NC(=O)c1c(NC(=O)COc2c(Cl)cc(Cl)cc2Br)sc2c1CCCC2. The highest BCUT2D eigenvalue weighted by Gasteiger charge is 2.25. The number of nitrogens with one attached hydrogen (secondary N) is 1. The third kappa shape index (κ3) is 4.17. The molecule has 0 fully saturated rings. The number of ether oxygens (including phenoxy) is 1. The van der Waals surface area contributed by atoms with Crippen molar-refractivity contribution in [3.8, 4) is 5.75 Å². The number of hydrogen-bond acceptors (Lipinski definition) is 4. The van der Waals surface area contributed by atoms with Crippen LogP contribution in [0.3, 0.4) is 0 Å². The van der Waals surface area contributed by atoms with E-state index < -0.39 is 11.8 Å². The summed E-state index contributed by atoms with van der Waals surface area (Å²) >= 11 is 16.7. The van der Waals surface area contributed by atoms with Crippen molar-refractivity contribution in [3.63, 3.8) is 0 Å². The monoisotopic (exact) mass is 476 g/mol. The van der Waals surface area contributed by atoms with Gasteiger partial charge in [-0.1, -0.05) is 23.2 Å². The second kappa shape index (κ2) is 8.17. The van der Waals surface area contributed by atoms with Gasteiger partial charge in [-0.3, -0.25) is 9.59 Å². The van der Waals surface area contributed by atoms with Crippen LogP contribution in [0.1, 0.15) is 33.6 Å². The molecule has 0 saturated carbocycles. The van der Waals surface area contributed by atoms with E-state index in [0.29, 0.717) is 30.8 Å². The molecule has 1 aromatic carbocycles. The van der Waals surface area contributed by atoms with Gasteiger partial charge >= 0.3 is 0 Å². The maximum atomic E-state index is 12.3. The molecule has 0 unspecified atom stereocenters. The second-order valence-electron chi connectivity index (χ2n) is 5.81. The molecule has 0 saturated heterocycles. The molecular weight excluding hydrogens is 463 g/mol. The number of benzene rings is 1. The Morgan fingerprint density at radius 1 is 1.27 bits per heavy atom. The maximum Gasteiger partial charge on any atom is 0.262 e. The van der Waals surface area contributed by atoms with Crippen LogP contribution in [0.15, 0.2) is 16.6 Å². The van der Waals surface area contributed by atoms with Crippen LogP contribution in [0.5, 0.6) is 5.75 Å². The van der Waals surface area contributed by atoms with Crippen molar-refractivity contribution in [1.82, 2.24) is 0 Å². The minimum atomic E-state index is -0.524. The Morgan fingerprint density at radius 3 is 2.69 bits per heavy atom. The van der Waals surface area contributed by atoms with E-state index in [4.69, 9.17) is 33.7 Å². The molecule has 3 rings (SSSR count). The van der Waals surface area contributed by atoms with Gasteiger partial charge in [0.1, 0.15) is 5.00 Å². The predicted molar refractivity (Wildman–Crippen MR) is 108 cm³/mol. The lowest BCUT2D eigenvalue weighted by molar-refractivity contribution is -0.118. The number of primary amides is 1. The van der Waals surface area contributed by atoms with Gasteiger partial charge in [0.05, 0.1) is 15.1 Å². The van der Waals surface area contributed by atoms with Crippen LogP contribution in [-0.4, -0.2) is 18.4 Å². The highest BCUT2D eigenvalue weighted by atomic mass is 79.9. The fourth-order valence-corrected chi connectivity index (χ4v) is 5.56. The smallest absolute Gasteiger partial charge is 0.262 e. The summed E-state index contributed by atoms with van der Waals surface area (Å²) < 4.78 is 6.05. The van der Waals surface area contributed by atoms with Crippen molar-refractivity contribution >= 4 is 67.3 Å². The van der Waals surface area contributed by atoms with E-state index in [1.165, 1.54) is 17.4 Å². The van der Waals surface area contributed by atoms with E-state index in [1.807, 2.05) is 0 Å². The van der Waals surface area contributed by atoms with Crippen molar-refractivity contribution in [2.45, 2.75) is 25.7 Å². The normalized spacial score (nSPS) is 13.2. The maximum absolute atomic E-state index is 12.3. The Kier molecular flexibility index (Phi) is 6.12. The molecule has 1 aromatic heterocycles. The summed E-state index contributed by atoms with van der Waals surface area (Å²) in [4.78, 5) is 25.3. The van der Waals surface area contributed by atoms with Gasteiger partial charge in [-0.2, -0.15) is 0 Å². The average molecular weight is 478 g/mol. The molecule has 138 valence electrons. The Hall–Kier alpha value is -1.28. The van der Waals surface area contributed by atoms with Gasteiger partial charge in [-0.15, -0.1) is 11.3 Å². The van der Waals surface area contributed by atoms with Crippen LogP contribution in [-0.2, 0) is 17.6 Å². The second-order valence-corrected chi connectivity index (χ2v) is 8.62. The molecule has 5 nitrogen and oxygen atoms in total. The number of carbonyl (C=O) groups is 2. The summed E-state index contributed by atoms with van der Waals surface area (Å²) in [6, 6.07) is 3.15. The van der Waals surface area contributed by atoms with E-state index in [1.54, 1.807) is 6.07 Å². The van der Waals surface area contributed by atoms with Crippen LogP contribution in [0.25, 0.3) is 0 Å². The van der Waals surface area contributed by atoms with E-state index in [9.17, 15) is 9.59 Å². The third-order valence-electron chi connectivity index (χ3n) is 3.98. The zero-order valence-electron chi connectivity index (χ0n) is 13.5. The minimum absolute atomic E-state index is 0.263. The van der Waals surface area contributed by atoms with E-state index >= 15 is 0 Å². The first-order valence-electron chi connectivity index (χ1n) is 7.88. The first kappa shape index (κ1) is 19.5. The van der Waals surface area contributed by atoms with Crippen molar-refractivity contribution < 1.29 is 14.3 Å². The van der Waals surface area contributed by atoms with E-state index in [-0.39, 0.29) is 6.61 Å². The van der Waals surface area contributed by atoms with Crippen LogP contribution in [0.2, 0.25) is 10.0 Å². The molecule has 0 bridgehead atoms. The molecule has 1 aliphatic carbocycles. The Labute approximate surface area is 172 Å². The molecule has 3 N–H and O–H groups in total. The molecule has 2 amide bonds. The average Bonchev–Trinajstić information content (AvgIpc) is 2.91. The zero-order chi connectivity index (χ0) is 18.8. The topological polar surface area (TPSA) is 81.4 Å². The Bertz CT molecular complexity index is 862. The molecule has 0 radical (unpaired) electrons. The summed E-state index contributed by atoms with van der Waals surface area (Å²) in [5, 5.41) is 3.97. The predicted octanol–water partition coefficient (Wildman–Crippen LogP) is 4.81. The van der Waals surface area contributed by atoms with Crippen molar-refractivity contribution in [2.75, 3.05) is 11.9 Å². The number of fused-ring (bicyclic) bond motifs is 1. The number of thiophene rings is 1. The van der Waals surface area contributed by atoms with Gasteiger partial charge in [-0.05, 0) is 59.3 Å². The largest absolute Gasteiger partial charge is 0.481 e. The van der Waals surface area contributed by atoms with E-state index in [2.05, 4.69) is 21.2 Å². The van der Waals surface area contributed by atoms with Crippen LogP contribution < -0.4 is 15.8 Å². The number of hydrogen-bond donors (Lipinski definition) is 2. The van der Waals surface area contributed by atoms with Crippen molar-refractivity contribution in [1.29, 1.82) is 0 Å². The lowest BCUT2D eigenvalue weighted by Crippen LogP contribution is -2.22. The van der Waals surface area contributed by atoms with Gasteiger partial charge in [0.25, 0.3) is 11.8 Å². The molecule has 0 atom stereocenters. The Balaban J connectivity index is 1.73. The lowest BCUT2D eigenvalue weighted by atomic mass is 9.95. The first-order chi connectivity index (χ1) is 12.4. The van der Waals surface area contributed by atoms with Gasteiger partial charge in [-0.25, -0.2) is 0 Å². The number of halogens is 3. The Morgan fingerprint density at radius 2 is 2.00 bits per heavy atom. The zero-order valence-corrected chi connectivity index (χ0v) is 17.4. The van der Waals surface area contributed by atoms with Gasteiger partial charge in [0.15, 0.2) is 12.4 Å². The highest BCUT2D eigenvalue weighted by molar-refractivity contribution is 9.10. The van der Waals surface area contributed by atoms with Gasteiger partial charge in [0.2, 0.25) is 0 Å². The van der Waals surface area contributed by atoms with Crippen LogP contribution in [0.4, 0.5) is 5.00 Å². The number of anilines is 1. The summed E-state index contributed by atoms with van der Waals surface area (Å²) in [7, 11) is 0. The summed E-state index contributed by atoms with van der Waals surface area (Å²) in [6.07, 6.45) is 3.80. The van der Waals surface area contributed by atoms with Crippen molar-refractivity contribution in [2.24, 2.45) is 5.73 Å². The van der Waals surface area contributed by atoms with Gasteiger partial charge in [0, 0.05) is 9.90 Å². The molecule has 1 aliphatic rings. The van der Waals surface area contributed by atoms with E-state index in [0.717, 1.165) is 36.1 Å². The number of aryl methyl sites for hydroxylation is 1. The highest BCUT2D eigenvalue weighted by Crippen LogP contribution is 2.38. The number of nitrogens with two attached hydrogens (primary N) is 1. The lowest BCUT2D eigenvalue weighted by Gasteiger charge is -2.12. The third-order valence-corrected chi connectivity index (χ3v) is 6.28. The van der Waals surface area contributed by atoms with Crippen LogP contribution >= 0.6 is 50.5 Å². The summed E-state index contributed by atoms with van der Waals surface area (Å²) in [6.45, 7) is -0.263. The standard InChI is InChI=1S/C17H15BrCl2N2O3S/c18-10-5-8(19)6-11(20)15(10)25-7-13(23)22-17-14(16(21)24)9-3-1-2-4-12(9)26-17/h5-6H,1-4,7H2,(H2,21,24)(H,22,23). The summed E-state index contributed by atoms with van der Waals surface area (Å²) in [5.41, 5.74) is 6.91. The molecule has 0 spiro atoms.